The average Bonchev–Trinajstić information content (AvgIpc) is 2.77. The van der Waals surface area contributed by atoms with Crippen LogP contribution in [-0.4, -0.2) is 17.0 Å². The van der Waals surface area contributed by atoms with E-state index in [1.807, 2.05) is 0 Å². The molecule has 154 valence electrons. The van der Waals surface area contributed by atoms with Gasteiger partial charge in [0.05, 0.1) is 11.3 Å². The summed E-state index contributed by atoms with van der Waals surface area (Å²) >= 11 is 0. The van der Waals surface area contributed by atoms with Crippen molar-refractivity contribution in [3.63, 3.8) is 0 Å². The molecule has 0 radical (unpaired) electrons. The normalized spacial score (nSPS) is 10.6. The van der Waals surface area contributed by atoms with Crippen LogP contribution in [0.25, 0.3) is 11.0 Å². The standard InChI is InChI=1S/C24H17NO6/c26-17-10-11-18-16(12-22(27)31-21(18)13-17)14-30-24(29)19-8-4-5-9-20(19)25-23(28)15-6-2-1-3-7-15/h1-13,26H,14H2,(H,25,28). The predicted octanol–water partition coefficient (Wildman–Crippen LogP) is 4.11. The second kappa shape index (κ2) is 8.54. The number of esters is 1. The number of hydrogen-bond donors (Lipinski definition) is 2. The second-order valence-corrected chi connectivity index (χ2v) is 6.71. The number of anilines is 1. The van der Waals surface area contributed by atoms with Gasteiger partial charge in [-0.2, -0.15) is 0 Å². The largest absolute Gasteiger partial charge is 0.508 e. The number of para-hydroxylation sites is 1. The summed E-state index contributed by atoms with van der Waals surface area (Å²) < 4.78 is 10.5. The van der Waals surface area contributed by atoms with Gasteiger partial charge in [0.2, 0.25) is 0 Å². The van der Waals surface area contributed by atoms with E-state index in [1.54, 1.807) is 60.7 Å². The monoisotopic (exact) mass is 415 g/mol. The Kier molecular flexibility index (Phi) is 5.49. The Labute approximate surface area is 176 Å². The summed E-state index contributed by atoms with van der Waals surface area (Å²) in [4.78, 5) is 37.0. The first-order valence-electron chi connectivity index (χ1n) is 9.39. The molecule has 4 aromatic rings. The van der Waals surface area contributed by atoms with Crippen LogP contribution in [0.15, 0.2) is 88.1 Å². The molecule has 2 N–H and O–H groups in total. The number of amides is 1. The smallest absolute Gasteiger partial charge is 0.340 e. The topological polar surface area (TPSA) is 106 Å². The third-order valence-electron chi connectivity index (χ3n) is 4.60. The molecule has 0 aliphatic heterocycles. The van der Waals surface area contributed by atoms with Crippen LogP contribution >= 0.6 is 0 Å². The molecular weight excluding hydrogens is 398 g/mol. The van der Waals surface area contributed by atoms with Gasteiger partial charge in [0.1, 0.15) is 17.9 Å². The molecule has 31 heavy (non-hydrogen) atoms. The van der Waals surface area contributed by atoms with E-state index in [-0.39, 0.29) is 29.4 Å². The molecule has 0 spiro atoms. The fourth-order valence-electron chi connectivity index (χ4n) is 3.11. The molecule has 0 saturated carbocycles. The number of carbonyl (C=O) groups excluding carboxylic acids is 2. The van der Waals surface area contributed by atoms with E-state index >= 15 is 0 Å². The van der Waals surface area contributed by atoms with Gasteiger partial charge in [-0.05, 0) is 36.4 Å². The number of carbonyl (C=O) groups is 2. The number of rotatable bonds is 5. The Morgan fingerprint density at radius 2 is 1.68 bits per heavy atom. The fourth-order valence-corrected chi connectivity index (χ4v) is 3.11. The quantitative estimate of drug-likeness (QED) is 0.375. The van der Waals surface area contributed by atoms with Gasteiger partial charge >= 0.3 is 11.6 Å². The van der Waals surface area contributed by atoms with Crippen LogP contribution in [0.4, 0.5) is 5.69 Å². The third kappa shape index (κ3) is 4.45. The number of phenols is 1. The summed E-state index contributed by atoms with van der Waals surface area (Å²) in [6.45, 7) is -0.188. The fraction of sp³-hybridized carbons (Fsp3) is 0.0417. The van der Waals surface area contributed by atoms with Gasteiger partial charge in [-0.3, -0.25) is 4.79 Å². The zero-order chi connectivity index (χ0) is 21.8. The molecule has 0 fully saturated rings. The van der Waals surface area contributed by atoms with Crippen molar-refractivity contribution in [1.29, 1.82) is 0 Å². The predicted molar refractivity (Wildman–Crippen MR) is 114 cm³/mol. The van der Waals surface area contributed by atoms with E-state index in [4.69, 9.17) is 9.15 Å². The van der Waals surface area contributed by atoms with Crippen molar-refractivity contribution >= 4 is 28.5 Å². The van der Waals surface area contributed by atoms with Crippen molar-refractivity contribution in [3.8, 4) is 5.75 Å². The van der Waals surface area contributed by atoms with E-state index < -0.39 is 11.6 Å². The minimum absolute atomic E-state index is 0.0483. The van der Waals surface area contributed by atoms with E-state index in [0.717, 1.165) is 0 Å². The summed E-state index contributed by atoms with van der Waals surface area (Å²) in [7, 11) is 0. The first kappa shape index (κ1) is 19.9. The molecule has 3 aromatic carbocycles. The molecule has 7 heteroatoms. The molecule has 0 aliphatic carbocycles. The van der Waals surface area contributed by atoms with Gasteiger partial charge in [0, 0.05) is 28.6 Å². The van der Waals surface area contributed by atoms with Crippen molar-refractivity contribution < 1.29 is 23.8 Å². The molecule has 0 bridgehead atoms. The van der Waals surface area contributed by atoms with Crippen LogP contribution in [0.3, 0.4) is 0 Å². The molecule has 7 nitrogen and oxygen atoms in total. The summed E-state index contributed by atoms with van der Waals surface area (Å²) in [5, 5.41) is 12.8. The minimum atomic E-state index is -0.663. The Morgan fingerprint density at radius 1 is 0.935 bits per heavy atom. The highest BCUT2D eigenvalue weighted by Crippen LogP contribution is 2.23. The zero-order valence-electron chi connectivity index (χ0n) is 16.2. The first-order valence-corrected chi connectivity index (χ1v) is 9.39. The van der Waals surface area contributed by atoms with Crippen molar-refractivity contribution in [2.75, 3.05) is 5.32 Å². The van der Waals surface area contributed by atoms with E-state index in [2.05, 4.69) is 5.32 Å². The Bertz CT molecular complexity index is 1330. The molecule has 4 rings (SSSR count). The first-order chi connectivity index (χ1) is 15.0. The maximum atomic E-state index is 12.7. The molecule has 0 aliphatic rings. The van der Waals surface area contributed by atoms with E-state index in [9.17, 15) is 19.5 Å². The summed E-state index contributed by atoms with van der Waals surface area (Å²) in [6.07, 6.45) is 0. The van der Waals surface area contributed by atoms with Crippen molar-refractivity contribution in [3.05, 3.63) is 106 Å². The lowest BCUT2D eigenvalue weighted by Gasteiger charge is -2.12. The highest BCUT2D eigenvalue weighted by atomic mass is 16.5. The zero-order valence-corrected chi connectivity index (χ0v) is 16.2. The number of phenolic OH excluding ortho intramolecular Hbond substituents is 1. The summed E-state index contributed by atoms with van der Waals surface area (Å²) in [5.41, 5.74) is 0.941. The molecule has 1 heterocycles. The maximum absolute atomic E-state index is 12.7. The maximum Gasteiger partial charge on any atom is 0.340 e. The Hall–Kier alpha value is -4.39. The van der Waals surface area contributed by atoms with Gasteiger partial charge < -0.3 is 19.6 Å². The number of fused-ring (bicyclic) bond motifs is 1. The molecule has 0 saturated heterocycles. The van der Waals surface area contributed by atoms with Gasteiger partial charge in [-0.1, -0.05) is 30.3 Å². The number of benzene rings is 3. The Morgan fingerprint density at radius 3 is 2.48 bits per heavy atom. The second-order valence-electron chi connectivity index (χ2n) is 6.71. The SMILES string of the molecule is O=C(Nc1ccccc1C(=O)OCc1cc(=O)oc2cc(O)ccc12)c1ccccc1. The lowest BCUT2D eigenvalue weighted by Crippen LogP contribution is -2.16. The van der Waals surface area contributed by atoms with Gasteiger partial charge in [-0.25, -0.2) is 9.59 Å². The molecule has 1 amide bonds. The van der Waals surface area contributed by atoms with Gasteiger partial charge in [-0.15, -0.1) is 0 Å². The Balaban J connectivity index is 1.55. The van der Waals surface area contributed by atoms with Crippen LogP contribution < -0.4 is 10.9 Å². The highest BCUT2D eigenvalue weighted by Gasteiger charge is 2.16. The molecule has 0 unspecified atom stereocenters. The molecule has 1 aromatic heterocycles. The number of aromatic hydroxyl groups is 1. The molecule has 0 atom stereocenters. The van der Waals surface area contributed by atoms with Crippen LogP contribution in [0, 0.1) is 0 Å². The summed E-state index contributed by atoms with van der Waals surface area (Å²) in [5.74, 6) is -1.07. The highest BCUT2D eigenvalue weighted by molar-refractivity contribution is 6.08. The lowest BCUT2D eigenvalue weighted by molar-refractivity contribution is 0.0475. The van der Waals surface area contributed by atoms with Gasteiger partial charge in [0.15, 0.2) is 0 Å². The van der Waals surface area contributed by atoms with Crippen LogP contribution in [0.1, 0.15) is 26.3 Å². The van der Waals surface area contributed by atoms with Crippen LogP contribution in [0.2, 0.25) is 0 Å². The van der Waals surface area contributed by atoms with Crippen molar-refractivity contribution in [2.24, 2.45) is 0 Å². The number of hydrogen-bond acceptors (Lipinski definition) is 6. The van der Waals surface area contributed by atoms with Crippen LogP contribution in [0.5, 0.6) is 5.75 Å². The van der Waals surface area contributed by atoms with Gasteiger partial charge in [0.25, 0.3) is 5.91 Å². The number of ether oxygens (including phenoxy) is 1. The van der Waals surface area contributed by atoms with E-state index in [1.165, 1.54) is 18.2 Å². The lowest BCUT2D eigenvalue weighted by atomic mass is 10.1. The van der Waals surface area contributed by atoms with Crippen LogP contribution in [-0.2, 0) is 11.3 Å². The van der Waals surface area contributed by atoms with Crippen molar-refractivity contribution in [1.82, 2.24) is 0 Å². The minimum Gasteiger partial charge on any atom is -0.508 e. The summed E-state index contributed by atoms with van der Waals surface area (Å²) in [6, 6.07) is 20.7. The third-order valence-corrected chi connectivity index (χ3v) is 4.60. The average molecular weight is 415 g/mol. The molecular formula is C24H17NO6. The number of nitrogens with one attached hydrogen (secondary N) is 1. The van der Waals surface area contributed by atoms with E-state index in [0.29, 0.717) is 22.2 Å². The van der Waals surface area contributed by atoms with Crippen molar-refractivity contribution in [2.45, 2.75) is 6.61 Å².